The molecule has 11 heteroatoms. The van der Waals surface area contributed by atoms with Crippen molar-refractivity contribution in [1.29, 1.82) is 0 Å². The molecule has 0 radical (unpaired) electrons. The van der Waals surface area contributed by atoms with Gasteiger partial charge in [-0.05, 0) is 73.6 Å². The van der Waals surface area contributed by atoms with E-state index >= 15 is 0 Å². The first kappa shape index (κ1) is 30.0. The lowest BCUT2D eigenvalue weighted by Gasteiger charge is -2.23. The van der Waals surface area contributed by atoms with Gasteiger partial charge in [-0.1, -0.05) is 6.92 Å². The Morgan fingerprint density at radius 1 is 1.27 bits per heavy atom. The van der Waals surface area contributed by atoms with E-state index in [-0.39, 0.29) is 30.3 Å². The summed E-state index contributed by atoms with van der Waals surface area (Å²) in [4.78, 5) is 24.3. The van der Waals surface area contributed by atoms with E-state index in [0.29, 0.717) is 29.0 Å². The number of alkyl halides is 3. The van der Waals surface area contributed by atoms with Crippen molar-refractivity contribution in [3.05, 3.63) is 58.4 Å². The topological polar surface area (TPSA) is 78.9 Å². The number of rotatable bonds is 10. The van der Waals surface area contributed by atoms with Crippen molar-refractivity contribution in [2.45, 2.75) is 74.8 Å². The molecule has 2 N–H and O–H groups in total. The first-order valence-corrected chi connectivity index (χ1v) is 15.3. The number of amides is 1. The number of carbonyl (C=O) groups excluding carboxylic acids is 1. The number of halogens is 3. The van der Waals surface area contributed by atoms with Gasteiger partial charge >= 0.3 is 6.18 Å². The summed E-state index contributed by atoms with van der Waals surface area (Å²) in [6.45, 7) is 7.16. The minimum atomic E-state index is -4.45. The Morgan fingerprint density at radius 2 is 2.12 bits per heavy atom. The number of ether oxygens (including phenoxy) is 1. The van der Waals surface area contributed by atoms with Crippen LogP contribution >= 0.6 is 11.8 Å². The molecule has 4 atom stereocenters. The lowest BCUT2D eigenvalue weighted by atomic mass is 10.1. The maximum atomic E-state index is 13.3. The highest BCUT2D eigenvalue weighted by molar-refractivity contribution is 8.00. The second-order valence-electron chi connectivity index (χ2n) is 11.0. The van der Waals surface area contributed by atoms with Gasteiger partial charge in [0.25, 0.3) is 0 Å². The summed E-state index contributed by atoms with van der Waals surface area (Å²) >= 11 is 1.93. The van der Waals surface area contributed by atoms with Gasteiger partial charge in [-0.15, -0.1) is 11.8 Å². The van der Waals surface area contributed by atoms with Gasteiger partial charge in [0, 0.05) is 60.9 Å². The number of hydrogen-bond donors (Lipinski definition) is 2. The Bertz CT molecular complexity index is 1250. The van der Waals surface area contributed by atoms with Crippen LogP contribution in [0.3, 0.4) is 0 Å². The predicted octanol–water partition coefficient (Wildman–Crippen LogP) is 4.99. The number of aryl methyl sites for hydroxylation is 2. The van der Waals surface area contributed by atoms with Crippen LogP contribution in [0.5, 0.6) is 0 Å². The lowest BCUT2D eigenvalue weighted by Crippen LogP contribution is -2.45. The van der Waals surface area contributed by atoms with Crippen molar-refractivity contribution >= 4 is 29.6 Å². The molecule has 7 nitrogen and oxygen atoms in total. The van der Waals surface area contributed by atoms with Crippen LogP contribution < -0.4 is 10.6 Å². The van der Waals surface area contributed by atoms with Crippen LogP contribution in [0.2, 0.25) is 0 Å². The molecule has 0 spiro atoms. The number of likely N-dealkylation sites (tertiary alicyclic amines) is 1. The van der Waals surface area contributed by atoms with Gasteiger partial charge in [0.05, 0.1) is 30.4 Å². The average Bonchev–Trinajstić information content (AvgIpc) is 3.68. The van der Waals surface area contributed by atoms with Gasteiger partial charge in [-0.2, -0.15) is 13.2 Å². The Hall–Kier alpha value is -2.47. The van der Waals surface area contributed by atoms with Crippen molar-refractivity contribution in [2.24, 2.45) is 4.99 Å². The molecule has 0 saturated carbocycles. The molecule has 1 aromatic heterocycles. The largest absolute Gasteiger partial charge is 0.416 e. The molecule has 2 aromatic rings. The van der Waals surface area contributed by atoms with E-state index in [1.165, 1.54) is 17.2 Å². The van der Waals surface area contributed by atoms with Crippen LogP contribution in [-0.4, -0.2) is 72.2 Å². The Labute approximate surface area is 243 Å². The van der Waals surface area contributed by atoms with Gasteiger partial charge in [0.1, 0.15) is 0 Å². The molecule has 5 rings (SSSR count). The lowest BCUT2D eigenvalue weighted by molar-refractivity contribution is -0.137. The molecule has 3 aliphatic rings. The van der Waals surface area contributed by atoms with Crippen LogP contribution in [0.25, 0.3) is 0 Å². The molecule has 0 bridgehead atoms. The quantitative estimate of drug-likeness (QED) is 0.381. The fourth-order valence-corrected chi connectivity index (χ4v) is 7.56. The normalized spacial score (nSPS) is 24.8. The number of fused-ring (bicyclic) bond motifs is 1. The second-order valence-corrected chi connectivity index (χ2v) is 12.5. The molecule has 1 aromatic carbocycles. The molecule has 222 valence electrons. The molecule has 1 aliphatic carbocycles. The van der Waals surface area contributed by atoms with Crippen LogP contribution in [0.4, 0.5) is 18.9 Å². The van der Waals surface area contributed by atoms with Crippen LogP contribution in [0, 0.1) is 6.92 Å². The maximum Gasteiger partial charge on any atom is 0.416 e. The van der Waals surface area contributed by atoms with E-state index in [1.807, 2.05) is 31.8 Å². The van der Waals surface area contributed by atoms with Crippen molar-refractivity contribution in [3.8, 4) is 0 Å². The van der Waals surface area contributed by atoms with Crippen molar-refractivity contribution in [3.63, 3.8) is 0 Å². The second kappa shape index (κ2) is 13.2. The fourth-order valence-electron chi connectivity index (χ4n) is 5.90. The van der Waals surface area contributed by atoms with Gasteiger partial charge in [-0.25, -0.2) is 0 Å². The monoisotopic (exact) mass is 589 g/mol. The number of hydrogen-bond acceptors (Lipinski definition) is 7. The third kappa shape index (κ3) is 7.49. The SMILES string of the molecule is CCC=Nc1ccc(C(F)(F)F)cc1CNCC(=O)NC1CN(C2CCOC2)C[C@@H]1SC1CCc2cc(C)ncc21. The average molecular weight is 590 g/mol. The third-order valence-corrected chi connectivity index (χ3v) is 9.65. The minimum Gasteiger partial charge on any atom is -0.380 e. The van der Waals surface area contributed by atoms with E-state index in [9.17, 15) is 18.0 Å². The number of aliphatic imine (C=N–C) groups is 1. The highest BCUT2D eigenvalue weighted by Crippen LogP contribution is 2.45. The Kier molecular flexibility index (Phi) is 9.68. The summed E-state index contributed by atoms with van der Waals surface area (Å²) in [5, 5.41) is 6.84. The maximum absolute atomic E-state index is 13.3. The molecule has 2 aliphatic heterocycles. The van der Waals surface area contributed by atoms with Crippen molar-refractivity contribution in [2.75, 3.05) is 32.8 Å². The molecule has 1 amide bonds. The molecule has 2 saturated heterocycles. The van der Waals surface area contributed by atoms with Gasteiger partial charge in [-0.3, -0.25) is 19.7 Å². The molecule has 41 heavy (non-hydrogen) atoms. The minimum absolute atomic E-state index is 0.00304. The van der Waals surface area contributed by atoms with Crippen LogP contribution in [0.15, 0.2) is 35.5 Å². The summed E-state index contributed by atoms with van der Waals surface area (Å²) in [6, 6.07) is 6.04. The van der Waals surface area contributed by atoms with Crippen molar-refractivity contribution < 1.29 is 22.7 Å². The zero-order chi connectivity index (χ0) is 29.0. The Balaban J connectivity index is 1.22. The van der Waals surface area contributed by atoms with E-state index in [0.717, 1.165) is 63.4 Å². The Morgan fingerprint density at radius 3 is 2.88 bits per heavy atom. The van der Waals surface area contributed by atoms with E-state index in [1.54, 1.807) is 6.21 Å². The van der Waals surface area contributed by atoms with E-state index in [2.05, 4.69) is 31.6 Å². The first-order chi connectivity index (χ1) is 19.7. The van der Waals surface area contributed by atoms with Crippen LogP contribution in [0.1, 0.15) is 59.4 Å². The van der Waals surface area contributed by atoms with Crippen LogP contribution in [-0.2, 0) is 28.7 Å². The number of aromatic nitrogens is 1. The van der Waals surface area contributed by atoms with E-state index in [4.69, 9.17) is 4.74 Å². The smallest absolute Gasteiger partial charge is 0.380 e. The fraction of sp³-hybridized carbons (Fsp3) is 0.567. The van der Waals surface area contributed by atoms with Gasteiger partial charge in [0.15, 0.2) is 0 Å². The number of pyridine rings is 1. The molecule has 2 fully saturated rings. The highest BCUT2D eigenvalue weighted by Gasteiger charge is 2.40. The van der Waals surface area contributed by atoms with Crippen molar-refractivity contribution in [1.82, 2.24) is 20.5 Å². The zero-order valence-corrected chi connectivity index (χ0v) is 24.4. The molecular formula is C30H38F3N5O2S. The molecule has 3 heterocycles. The molecular weight excluding hydrogens is 551 g/mol. The summed E-state index contributed by atoms with van der Waals surface area (Å²) in [7, 11) is 0. The standard InChI is InChI=1S/C30H38F3N5O2S/c1-3-9-35-25-6-5-22(30(31,32)33)12-21(25)13-34-15-29(39)37-26-16-38(23-8-10-40-18-23)17-28(26)41-27-7-4-20-11-19(2)36-14-24(20)27/h5-6,9,11-12,14,23,26-28,34H,3-4,7-8,10,13,15-18H2,1-2H3,(H,37,39)/t23?,26?,27?,28-/m0/s1. The van der Waals surface area contributed by atoms with Gasteiger partial charge in [0.2, 0.25) is 5.91 Å². The number of thioether (sulfide) groups is 1. The van der Waals surface area contributed by atoms with E-state index < -0.39 is 11.7 Å². The first-order valence-electron chi connectivity index (χ1n) is 14.4. The third-order valence-electron chi connectivity index (χ3n) is 8.01. The number of nitrogens with one attached hydrogen (secondary N) is 2. The zero-order valence-electron chi connectivity index (χ0n) is 23.5. The van der Waals surface area contributed by atoms with Gasteiger partial charge < -0.3 is 15.4 Å². The molecule has 3 unspecified atom stereocenters. The summed E-state index contributed by atoms with van der Waals surface area (Å²) in [5.74, 6) is -0.167. The predicted molar refractivity (Wildman–Crippen MR) is 156 cm³/mol. The summed E-state index contributed by atoms with van der Waals surface area (Å²) in [6.07, 6.45) is 3.01. The summed E-state index contributed by atoms with van der Waals surface area (Å²) in [5.41, 5.74) is 3.86. The highest BCUT2D eigenvalue weighted by atomic mass is 32.2. The number of nitrogens with zero attached hydrogens (tertiary/aromatic N) is 3. The number of carbonyl (C=O) groups is 1. The number of benzene rings is 1. The summed E-state index contributed by atoms with van der Waals surface area (Å²) < 4.78 is 45.6.